The number of likely N-dealkylation sites (tertiary alicyclic amines) is 1. The maximum Gasteiger partial charge on any atom is 0.326 e. The number of imide groups is 1. The van der Waals surface area contributed by atoms with E-state index in [0.717, 1.165) is 45.1 Å². The quantitative estimate of drug-likeness (QED) is 0.853. The van der Waals surface area contributed by atoms with Crippen LogP contribution in [0, 0.1) is 5.92 Å². The van der Waals surface area contributed by atoms with Crippen LogP contribution in [0.3, 0.4) is 0 Å². The number of thiophene rings is 1. The van der Waals surface area contributed by atoms with E-state index in [1.165, 1.54) is 9.78 Å². The summed E-state index contributed by atoms with van der Waals surface area (Å²) in [5.41, 5.74) is -0.623. The SMILES string of the molecule is CC1CCC2(CC1)NC(=O)N(CN1CCC[C@H]1c1cccs1)C2=O. The van der Waals surface area contributed by atoms with Crippen LogP contribution in [0.2, 0.25) is 0 Å². The maximum atomic E-state index is 13.0. The van der Waals surface area contributed by atoms with Gasteiger partial charge >= 0.3 is 6.03 Å². The van der Waals surface area contributed by atoms with Gasteiger partial charge in [-0.25, -0.2) is 9.69 Å². The minimum atomic E-state index is -0.623. The first-order valence-electron chi connectivity index (χ1n) is 9.01. The number of amides is 3. The fraction of sp³-hybridized carbons (Fsp3) is 0.667. The molecule has 1 aromatic heterocycles. The summed E-state index contributed by atoms with van der Waals surface area (Å²) in [4.78, 5) is 30.6. The molecule has 2 aliphatic heterocycles. The summed E-state index contributed by atoms with van der Waals surface area (Å²) in [5.74, 6) is 0.646. The van der Waals surface area contributed by atoms with Gasteiger partial charge in [0.25, 0.3) is 5.91 Å². The van der Waals surface area contributed by atoms with Gasteiger partial charge in [0.15, 0.2) is 0 Å². The molecule has 1 aliphatic carbocycles. The van der Waals surface area contributed by atoms with Crippen LogP contribution in [0.15, 0.2) is 17.5 Å². The van der Waals surface area contributed by atoms with Gasteiger partial charge in [0.1, 0.15) is 5.54 Å². The number of hydrogen-bond acceptors (Lipinski definition) is 4. The first-order chi connectivity index (χ1) is 11.6. The third kappa shape index (κ3) is 2.65. The zero-order valence-electron chi connectivity index (χ0n) is 14.2. The summed E-state index contributed by atoms with van der Waals surface area (Å²) in [5, 5.41) is 5.12. The van der Waals surface area contributed by atoms with E-state index < -0.39 is 5.54 Å². The second-order valence-corrected chi connectivity index (χ2v) is 8.53. The van der Waals surface area contributed by atoms with Crippen molar-refractivity contribution >= 4 is 23.3 Å². The van der Waals surface area contributed by atoms with Crippen LogP contribution in [-0.2, 0) is 4.79 Å². The van der Waals surface area contributed by atoms with Crippen molar-refractivity contribution in [3.8, 4) is 0 Å². The third-order valence-corrected chi connectivity index (χ3v) is 6.91. The first-order valence-corrected chi connectivity index (χ1v) is 9.89. The van der Waals surface area contributed by atoms with E-state index in [1.54, 1.807) is 11.3 Å². The van der Waals surface area contributed by atoms with Gasteiger partial charge in [-0.15, -0.1) is 11.3 Å². The second-order valence-electron chi connectivity index (χ2n) is 7.56. The van der Waals surface area contributed by atoms with E-state index in [0.29, 0.717) is 18.6 Å². The van der Waals surface area contributed by atoms with E-state index in [9.17, 15) is 9.59 Å². The molecule has 5 nitrogen and oxygen atoms in total. The molecule has 0 bridgehead atoms. The van der Waals surface area contributed by atoms with Crippen LogP contribution in [-0.4, -0.2) is 40.5 Å². The Hall–Kier alpha value is -1.40. The number of nitrogens with one attached hydrogen (secondary N) is 1. The molecular formula is C18H25N3O2S. The predicted molar refractivity (Wildman–Crippen MR) is 93.6 cm³/mol. The largest absolute Gasteiger partial charge is 0.326 e. The van der Waals surface area contributed by atoms with Crippen molar-refractivity contribution in [2.45, 2.75) is 57.0 Å². The van der Waals surface area contributed by atoms with Crippen molar-refractivity contribution < 1.29 is 9.59 Å². The van der Waals surface area contributed by atoms with Gasteiger partial charge in [-0.05, 0) is 55.9 Å². The van der Waals surface area contributed by atoms with Crippen molar-refractivity contribution in [3.05, 3.63) is 22.4 Å². The Morgan fingerprint density at radius 1 is 1.29 bits per heavy atom. The average Bonchev–Trinajstić information content (AvgIpc) is 3.28. The topological polar surface area (TPSA) is 52.7 Å². The molecular weight excluding hydrogens is 322 g/mol. The molecule has 24 heavy (non-hydrogen) atoms. The molecule has 0 aromatic carbocycles. The summed E-state index contributed by atoms with van der Waals surface area (Å²) in [6.07, 6.45) is 5.82. The number of carbonyl (C=O) groups is 2. The summed E-state index contributed by atoms with van der Waals surface area (Å²) < 4.78 is 0. The van der Waals surface area contributed by atoms with Gasteiger partial charge in [-0.2, -0.15) is 0 Å². The molecule has 1 aromatic rings. The second kappa shape index (κ2) is 6.15. The van der Waals surface area contributed by atoms with Crippen LogP contribution in [0.4, 0.5) is 4.79 Å². The molecule has 3 heterocycles. The third-order valence-electron chi connectivity index (χ3n) is 5.93. The monoisotopic (exact) mass is 347 g/mol. The lowest BCUT2D eigenvalue weighted by molar-refractivity contribution is -0.134. The minimum absolute atomic E-state index is 0.00349. The molecule has 2 saturated heterocycles. The fourth-order valence-corrected chi connectivity index (χ4v) is 5.27. The predicted octanol–water partition coefficient (Wildman–Crippen LogP) is 3.34. The molecule has 1 spiro atoms. The standard InChI is InChI=1S/C18H25N3O2S/c1-13-6-8-18(9-7-13)16(22)21(17(23)19-18)12-20-10-2-4-14(20)15-5-3-11-24-15/h3,5,11,13-14H,2,4,6-10,12H2,1H3,(H,19,23)/t13?,14-,18?/m0/s1. The number of carbonyl (C=O) groups excluding carboxylic acids is 2. The fourth-order valence-electron chi connectivity index (χ4n) is 4.38. The highest BCUT2D eigenvalue weighted by Gasteiger charge is 2.52. The van der Waals surface area contributed by atoms with Crippen molar-refractivity contribution in [2.75, 3.05) is 13.2 Å². The van der Waals surface area contributed by atoms with Crippen LogP contribution in [0.25, 0.3) is 0 Å². The summed E-state index contributed by atoms with van der Waals surface area (Å²) in [7, 11) is 0. The first kappa shape index (κ1) is 16.1. The van der Waals surface area contributed by atoms with E-state index in [-0.39, 0.29) is 11.9 Å². The van der Waals surface area contributed by atoms with Crippen molar-refractivity contribution in [1.82, 2.24) is 15.1 Å². The lowest BCUT2D eigenvalue weighted by Crippen LogP contribution is -2.50. The summed E-state index contributed by atoms with van der Waals surface area (Å²) in [6.45, 7) is 3.59. The highest BCUT2D eigenvalue weighted by Crippen LogP contribution is 2.38. The molecule has 3 fully saturated rings. The zero-order chi connectivity index (χ0) is 16.7. The van der Waals surface area contributed by atoms with Gasteiger partial charge < -0.3 is 5.32 Å². The summed E-state index contributed by atoms with van der Waals surface area (Å²) in [6, 6.07) is 4.37. The van der Waals surface area contributed by atoms with Crippen molar-refractivity contribution in [1.29, 1.82) is 0 Å². The average molecular weight is 347 g/mol. The number of rotatable bonds is 3. The molecule has 6 heteroatoms. The Bertz CT molecular complexity index is 622. The Balaban J connectivity index is 1.48. The van der Waals surface area contributed by atoms with Crippen LogP contribution in [0.5, 0.6) is 0 Å². The Kier molecular flexibility index (Phi) is 4.12. The molecule has 3 aliphatic rings. The van der Waals surface area contributed by atoms with Gasteiger partial charge in [-0.3, -0.25) is 9.69 Å². The Labute approximate surface area is 147 Å². The minimum Gasteiger partial charge on any atom is -0.323 e. The van der Waals surface area contributed by atoms with Crippen LogP contribution >= 0.6 is 11.3 Å². The highest BCUT2D eigenvalue weighted by molar-refractivity contribution is 7.10. The van der Waals surface area contributed by atoms with Crippen molar-refractivity contribution in [2.24, 2.45) is 5.92 Å². The number of urea groups is 1. The summed E-state index contributed by atoms with van der Waals surface area (Å²) >= 11 is 1.76. The van der Waals surface area contributed by atoms with E-state index in [1.807, 2.05) is 0 Å². The number of nitrogens with zero attached hydrogens (tertiary/aromatic N) is 2. The van der Waals surface area contributed by atoms with Gasteiger partial charge in [0.2, 0.25) is 0 Å². The maximum absolute atomic E-state index is 13.0. The zero-order valence-corrected chi connectivity index (χ0v) is 15.0. The molecule has 1 atom stereocenters. The Morgan fingerprint density at radius 2 is 2.08 bits per heavy atom. The van der Waals surface area contributed by atoms with E-state index >= 15 is 0 Å². The molecule has 130 valence electrons. The lowest BCUT2D eigenvalue weighted by Gasteiger charge is -2.34. The van der Waals surface area contributed by atoms with E-state index in [4.69, 9.17) is 0 Å². The Morgan fingerprint density at radius 3 is 2.79 bits per heavy atom. The lowest BCUT2D eigenvalue weighted by atomic mass is 9.77. The molecule has 1 saturated carbocycles. The highest BCUT2D eigenvalue weighted by atomic mass is 32.1. The molecule has 0 radical (unpaired) electrons. The normalized spacial score (nSPS) is 34.3. The smallest absolute Gasteiger partial charge is 0.323 e. The molecule has 0 unspecified atom stereocenters. The molecule has 3 amide bonds. The van der Waals surface area contributed by atoms with Gasteiger partial charge in [-0.1, -0.05) is 13.0 Å². The van der Waals surface area contributed by atoms with Gasteiger partial charge in [0, 0.05) is 17.5 Å². The molecule has 1 N–H and O–H groups in total. The molecule has 4 rings (SSSR count). The van der Waals surface area contributed by atoms with Gasteiger partial charge in [0.05, 0.1) is 6.67 Å². The van der Waals surface area contributed by atoms with Crippen LogP contribution < -0.4 is 5.32 Å². The van der Waals surface area contributed by atoms with E-state index in [2.05, 4.69) is 34.7 Å². The van der Waals surface area contributed by atoms with Crippen molar-refractivity contribution in [3.63, 3.8) is 0 Å². The number of hydrogen-bond donors (Lipinski definition) is 1. The van der Waals surface area contributed by atoms with Crippen LogP contribution in [0.1, 0.15) is 56.4 Å².